The minimum Gasteiger partial charge on any atom is -0.467 e. The van der Waals surface area contributed by atoms with Crippen LogP contribution in [0.25, 0.3) is 5.52 Å². The molecule has 0 saturated heterocycles. The number of aryl methyl sites for hydroxylation is 1. The van der Waals surface area contributed by atoms with Gasteiger partial charge in [0.1, 0.15) is 17.1 Å². The van der Waals surface area contributed by atoms with Gasteiger partial charge in [-0.2, -0.15) is 5.10 Å². The van der Waals surface area contributed by atoms with E-state index in [-0.39, 0.29) is 0 Å². The molecule has 25 heavy (non-hydrogen) atoms. The topological polar surface area (TPSA) is 68.5 Å². The lowest BCUT2D eigenvalue weighted by Crippen LogP contribution is -2.31. The summed E-state index contributed by atoms with van der Waals surface area (Å²) in [6, 6.07) is 4.79. The van der Waals surface area contributed by atoms with Crippen LogP contribution in [0, 0.1) is 6.92 Å². The highest BCUT2D eigenvalue weighted by molar-refractivity contribution is 6.32. The maximum atomic E-state index is 13.5. The minimum absolute atomic E-state index is 0.293. The van der Waals surface area contributed by atoms with Gasteiger partial charge in [-0.25, -0.2) is 8.91 Å². The van der Waals surface area contributed by atoms with E-state index in [1.54, 1.807) is 16.8 Å². The molecule has 0 amide bonds. The fourth-order valence-electron chi connectivity index (χ4n) is 2.77. The quantitative estimate of drug-likeness (QED) is 0.661. The Morgan fingerprint density at radius 1 is 1.44 bits per heavy atom. The van der Waals surface area contributed by atoms with Gasteiger partial charge in [0.2, 0.25) is 0 Å². The van der Waals surface area contributed by atoms with E-state index in [0.717, 1.165) is 28.1 Å². The number of nitrogens with zero attached hydrogens (tertiary/aromatic N) is 2. The summed E-state index contributed by atoms with van der Waals surface area (Å²) in [5.74, 6) is 0.787. The smallest absolute Gasteiger partial charge is 0.152 e. The first-order valence-corrected chi connectivity index (χ1v) is 8.66. The van der Waals surface area contributed by atoms with Crippen molar-refractivity contribution in [2.24, 2.45) is 5.73 Å². The predicted molar refractivity (Wildman–Crippen MR) is 98.2 cm³/mol. The Morgan fingerprint density at radius 2 is 2.20 bits per heavy atom. The van der Waals surface area contributed by atoms with Gasteiger partial charge in [0, 0.05) is 12.1 Å². The second-order valence-electron chi connectivity index (χ2n) is 6.01. The average molecular weight is 385 g/mol. The standard InChI is InChI=1S/C17H19Cl2FN4O/c1-9-12(6-13(21)10(2)20)17(19)24-16(9)14(7-15(18)23-24)22-8-11-4-3-5-25-11/h3-5,7,10,13,22H,6,8,21H2,1-2H3/t10-,13+/m0/s1. The molecule has 134 valence electrons. The summed E-state index contributed by atoms with van der Waals surface area (Å²) >= 11 is 12.6. The van der Waals surface area contributed by atoms with E-state index in [9.17, 15) is 4.39 Å². The normalized spacial score (nSPS) is 14.0. The lowest BCUT2D eigenvalue weighted by molar-refractivity contribution is 0.304. The molecule has 2 atom stereocenters. The molecule has 0 aromatic carbocycles. The van der Waals surface area contributed by atoms with Crippen molar-refractivity contribution in [3.05, 3.63) is 51.7 Å². The van der Waals surface area contributed by atoms with Gasteiger partial charge in [-0.1, -0.05) is 23.2 Å². The van der Waals surface area contributed by atoms with Crippen LogP contribution in [-0.2, 0) is 13.0 Å². The summed E-state index contributed by atoms with van der Waals surface area (Å²) in [5, 5.41) is 8.24. The molecule has 0 aliphatic rings. The summed E-state index contributed by atoms with van der Waals surface area (Å²) in [6.45, 7) is 3.84. The fourth-order valence-corrected chi connectivity index (χ4v) is 3.30. The van der Waals surface area contributed by atoms with Crippen molar-refractivity contribution in [1.82, 2.24) is 9.61 Å². The van der Waals surface area contributed by atoms with Crippen molar-refractivity contribution >= 4 is 34.4 Å². The van der Waals surface area contributed by atoms with Crippen molar-refractivity contribution in [2.75, 3.05) is 5.32 Å². The van der Waals surface area contributed by atoms with E-state index in [4.69, 9.17) is 33.4 Å². The zero-order valence-electron chi connectivity index (χ0n) is 13.9. The number of anilines is 1. The molecule has 3 rings (SSSR count). The van der Waals surface area contributed by atoms with Crippen LogP contribution in [0.2, 0.25) is 10.3 Å². The van der Waals surface area contributed by atoms with Crippen LogP contribution in [0.15, 0.2) is 28.9 Å². The first kappa shape index (κ1) is 18.0. The third-order valence-electron chi connectivity index (χ3n) is 4.23. The summed E-state index contributed by atoms with van der Waals surface area (Å²) < 4.78 is 20.4. The molecule has 0 bridgehead atoms. The summed E-state index contributed by atoms with van der Waals surface area (Å²) in [4.78, 5) is 0. The maximum Gasteiger partial charge on any atom is 0.152 e. The van der Waals surface area contributed by atoms with Crippen molar-refractivity contribution < 1.29 is 8.81 Å². The van der Waals surface area contributed by atoms with Crippen LogP contribution in [-0.4, -0.2) is 21.8 Å². The first-order valence-electron chi connectivity index (χ1n) is 7.90. The Morgan fingerprint density at radius 3 is 2.84 bits per heavy atom. The van der Waals surface area contributed by atoms with E-state index in [1.165, 1.54) is 6.92 Å². The number of nitrogens with two attached hydrogens (primary N) is 1. The van der Waals surface area contributed by atoms with Gasteiger partial charge < -0.3 is 15.5 Å². The van der Waals surface area contributed by atoms with Crippen molar-refractivity contribution in [3.8, 4) is 0 Å². The Kier molecular flexibility index (Phi) is 5.22. The lowest BCUT2D eigenvalue weighted by atomic mass is 10.0. The molecular formula is C17H19Cl2FN4O. The average Bonchev–Trinajstić information content (AvgIpc) is 3.15. The van der Waals surface area contributed by atoms with Gasteiger partial charge >= 0.3 is 0 Å². The molecule has 0 unspecified atom stereocenters. The first-order chi connectivity index (χ1) is 11.9. The molecule has 8 heteroatoms. The summed E-state index contributed by atoms with van der Waals surface area (Å²) in [6.07, 6.45) is 0.802. The van der Waals surface area contributed by atoms with Crippen molar-refractivity contribution in [3.63, 3.8) is 0 Å². The van der Waals surface area contributed by atoms with Gasteiger partial charge in [0.05, 0.1) is 24.0 Å². The van der Waals surface area contributed by atoms with Gasteiger partial charge in [-0.15, -0.1) is 0 Å². The zero-order valence-corrected chi connectivity index (χ0v) is 15.4. The largest absolute Gasteiger partial charge is 0.467 e. The zero-order chi connectivity index (χ0) is 18.1. The molecule has 3 N–H and O–H groups in total. The van der Waals surface area contributed by atoms with Crippen LogP contribution in [0.1, 0.15) is 23.8 Å². The molecule has 3 aromatic rings. The number of furan rings is 1. The summed E-state index contributed by atoms with van der Waals surface area (Å²) in [5.41, 5.74) is 9.10. The minimum atomic E-state index is -1.13. The molecule has 5 nitrogen and oxygen atoms in total. The fraction of sp³-hybridized carbons (Fsp3) is 0.353. The molecule has 0 fully saturated rings. The van der Waals surface area contributed by atoms with Gasteiger partial charge in [0.25, 0.3) is 0 Å². The maximum absolute atomic E-state index is 13.5. The van der Waals surface area contributed by atoms with Gasteiger partial charge in [-0.3, -0.25) is 0 Å². The second kappa shape index (κ2) is 7.23. The molecule has 0 saturated carbocycles. The van der Waals surface area contributed by atoms with E-state index >= 15 is 0 Å². The highest BCUT2D eigenvalue weighted by atomic mass is 35.5. The number of hydrogen-bond donors (Lipinski definition) is 2. The number of halogens is 3. The van der Waals surface area contributed by atoms with Crippen LogP contribution in [0.3, 0.4) is 0 Å². The Hall–Kier alpha value is -1.76. The SMILES string of the molecule is Cc1c(C[C@@H](N)[C@H](C)F)c(Cl)n2nc(Cl)cc(NCc3ccco3)c12. The molecule has 3 aromatic heterocycles. The van der Waals surface area contributed by atoms with Crippen LogP contribution in [0.4, 0.5) is 10.1 Å². The van der Waals surface area contributed by atoms with Crippen molar-refractivity contribution in [1.29, 1.82) is 0 Å². The molecule has 3 heterocycles. The number of aromatic nitrogens is 2. The number of hydrogen-bond acceptors (Lipinski definition) is 4. The highest BCUT2D eigenvalue weighted by Gasteiger charge is 2.22. The third kappa shape index (κ3) is 3.61. The molecule has 0 aliphatic carbocycles. The van der Waals surface area contributed by atoms with E-state index in [0.29, 0.717) is 23.3 Å². The second-order valence-corrected chi connectivity index (χ2v) is 6.76. The number of alkyl halides is 1. The molecule has 0 spiro atoms. The molecule has 0 radical (unpaired) electrons. The van der Waals surface area contributed by atoms with Crippen LogP contribution in [0.5, 0.6) is 0 Å². The van der Waals surface area contributed by atoms with Gasteiger partial charge in [-0.05, 0) is 43.5 Å². The molecular weight excluding hydrogens is 366 g/mol. The Labute approximate surface area is 154 Å². The van der Waals surface area contributed by atoms with Crippen LogP contribution >= 0.6 is 23.2 Å². The summed E-state index contributed by atoms with van der Waals surface area (Å²) in [7, 11) is 0. The number of fused-ring (bicyclic) bond motifs is 1. The van der Waals surface area contributed by atoms with Crippen LogP contribution < -0.4 is 11.1 Å². The Bertz CT molecular complexity index is 877. The van der Waals surface area contributed by atoms with Crippen molar-refractivity contribution in [2.45, 2.75) is 39.0 Å². The lowest BCUT2D eigenvalue weighted by Gasteiger charge is -2.12. The predicted octanol–water partition coefficient (Wildman–Crippen LogP) is 4.38. The van der Waals surface area contributed by atoms with Gasteiger partial charge in [0.15, 0.2) is 5.15 Å². The van der Waals surface area contributed by atoms with E-state index in [2.05, 4.69) is 10.4 Å². The number of nitrogens with one attached hydrogen (secondary N) is 1. The molecule has 0 aliphatic heterocycles. The monoisotopic (exact) mass is 384 g/mol. The van der Waals surface area contributed by atoms with E-state index in [1.807, 2.05) is 19.1 Å². The highest BCUT2D eigenvalue weighted by Crippen LogP contribution is 2.33. The third-order valence-corrected chi connectivity index (χ3v) is 4.80. The number of rotatable bonds is 6. The Balaban J connectivity index is 2.02. The van der Waals surface area contributed by atoms with E-state index < -0.39 is 12.2 Å².